The lowest BCUT2D eigenvalue weighted by Gasteiger charge is -2.14. The number of pyridine rings is 1. The Hall–Kier alpha value is -2.40. The van der Waals surface area contributed by atoms with Gasteiger partial charge in [0.05, 0.1) is 0 Å². The van der Waals surface area contributed by atoms with Gasteiger partial charge in [0, 0.05) is 28.7 Å². The summed E-state index contributed by atoms with van der Waals surface area (Å²) in [5, 5.41) is 5.91. The number of hydrogen-bond acceptors (Lipinski definition) is 3. The minimum atomic E-state index is -0.665. The number of rotatable bonds is 4. The zero-order valence-electron chi connectivity index (χ0n) is 11.3. The summed E-state index contributed by atoms with van der Waals surface area (Å²) in [5.41, 5.74) is 1.07. The normalized spacial score (nSPS) is 11.5. The molecule has 1 aromatic carbocycles. The smallest absolute Gasteiger partial charge is 0.252 e. The van der Waals surface area contributed by atoms with Crippen LogP contribution in [0.25, 0.3) is 0 Å². The van der Waals surface area contributed by atoms with Crippen molar-refractivity contribution in [2.24, 2.45) is 0 Å². The van der Waals surface area contributed by atoms with Gasteiger partial charge in [-0.25, -0.2) is 0 Å². The van der Waals surface area contributed by atoms with E-state index < -0.39 is 6.04 Å². The van der Waals surface area contributed by atoms with E-state index in [2.05, 4.69) is 15.6 Å². The molecular formula is C15H14ClN3O2. The van der Waals surface area contributed by atoms with Crippen LogP contribution in [0, 0.1) is 0 Å². The molecular weight excluding hydrogens is 290 g/mol. The molecule has 5 nitrogen and oxygen atoms in total. The van der Waals surface area contributed by atoms with Crippen molar-refractivity contribution < 1.29 is 9.59 Å². The molecule has 2 amide bonds. The average Bonchev–Trinajstić information content (AvgIpc) is 2.50. The van der Waals surface area contributed by atoms with Crippen LogP contribution in [-0.4, -0.2) is 22.8 Å². The van der Waals surface area contributed by atoms with Crippen molar-refractivity contribution >= 4 is 29.1 Å². The van der Waals surface area contributed by atoms with E-state index in [1.165, 1.54) is 12.4 Å². The molecule has 0 aliphatic rings. The molecule has 1 heterocycles. The van der Waals surface area contributed by atoms with Crippen molar-refractivity contribution in [2.45, 2.75) is 13.0 Å². The van der Waals surface area contributed by atoms with Crippen molar-refractivity contribution in [2.75, 3.05) is 5.32 Å². The molecule has 0 aliphatic heterocycles. The predicted molar refractivity (Wildman–Crippen MR) is 81.2 cm³/mol. The van der Waals surface area contributed by atoms with Crippen molar-refractivity contribution in [3.8, 4) is 0 Å². The SMILES string of the molecule is C[C@@H](NC(=O)c1ccncc1)C(=O)Nc1ccc(Cl)cc1. The number of amides is 2. The van der Waals surface area contributed by atoms with Gasteiger partial charge in [-0.1, -0.05) is 11.6 Å². The topological polar surface area (TPSA) is 71.1 Å². The fraction of sp³-hybridized carbons (Fsp3) is 0.133. The third kappa shape index (κ3) is 4.29. The lowest BCUT2D eigenvalue weighted by Crippen LogP contribution is -2.41. The summed E-state index contributed by atoms with van der Waals surface area (Å²) in [6, 6.07) is 9.24. The van der Waals surface area contributed by atoms with Gasteiger partial charge in [0.15, 0.2) is 0 Å². The average molecular weight is 304 g/mol. The molecule has 0 fully saturated rings. The molecule has 2 rings (SSSR count). The van der Waals surface area contributed by atoms with E-state index in [1.807, 2.05) is 0 Å². The Labute approximate surface area is 127 Å². The highest BCUT2D eigenvalue weighted by molar-refractivity contribution is 6.30. The van der Waals surface area contributed by atoms with Crippen LogP contribution in [0.4, 0.5) is 5.69 Å². The van der Waals surface area contributed by atoms with E-state index >= 15 is 0 Å². The number of halogens is 1. The van der Waals surface area contributed by atoms with Gasteiger partial charge in [-0.3, -0.25) is 14.6 Å². The highest BCUT2D eigenvalue weighted by Gasteiger charge is 2.16. The number of carbonyl (C=O) groups excluding carboxylic acids is 2. The molecule has 1 atom stereocenters. The molecule has 2 N–H and O–H groups in total. The Bertz CT molecular complexity index is 629. The summed E-state index contributed by atoms with van der Waals surface area (Å²) in [6.07, 6.45) is 3.04. The number of carbonyl (C=O) groups is 2. The number of aromatic nitrogens is 1. The maximum atomic E-state index is 12.0. The van der Waals surface area contributed by atoms with E-state index in [4.69, 9.17) is 11.6 Å². The first-order valence-corrected chi connectivity index (χ1v) is 6.71. The van der Waals surface area contributed by atoms with Crippen LogP contribution in [0.15, 0.2) is 48.8 Å². The summed E-state index contributed by atoms with van der Waals surface area (Å²) < 4.78 is 0. The summed E-state index contributed by atoms with van der Waals surface area (Å²) >= 11 is 5.77. The molecule has 0 bridgehead atoms. The standard InChI is InChI=1S/C15H14ClN3O2/c1-10(18-15(21)11-6-8-17-9-7-11)14(20)19-13-4-2-12(16)3-5-13/h2-10H,1H3,(H,18,21)(H,19,20)/t10-/m1/s1. The first-order chi connectivity index (χ1) is 10.1. The monoisotopic (exact) mass is 303 g/mol. The molecule has 0 unspecified atom stereocenters. The van der Waals surface area contributed by atoms with Gasteiger partial charge in [-0.05, 0) is 43.3 Å². The zero-order valence-corrected chi connectivity index (χ0v) is 12.1. The van der Waals surface area contributed by atoms with Crippen molar-refractivity contribution in [3.05, 3.63) is 59.4 Å². The maximum Gasteiger partial charge on any atom is 0.252 e. The molecule has 6 heteroatoms. The fourth-order valence-electron chi connectivity index (χ4n) is 1.63. The molecule has 0 saturated heterocycles. The summed E-state index contributed by atoms with van der Waals surface area (Å²) in [6.45, 7) is 1.62. The number of hydrogen-bond donors (Lipinski definition) is 2. The van der Waals surface area contributed by atoms with Gasteiger partial charge in [-0.15, -0.1) is 0 Å². The number of benzene rings is 1. The molecule has 1 aromatic heterocycles. The summed E-state index contributed by atoms with van der Waals surface area (Å²) in [7, 11) is 0. The second-order valence-corrected chi connectivity index (χ2v) is 4.86. The van der Waals surface area contributed by atoms with Crippen LogP contribution in [0.3, 0.4) is 0 Å². The Morgan fingerprint density at radius 1 is 1.10 bits per heavy atom. The molecule has 21 heavy (non-hydrogen) atoms. The highest BCUT2D eigenvalue weighted by atomic mass is 35.5. The van der Waals surface area contributed by atoms with Crippen molar-refractivity contribution in [3.63, 3.8) is 0 Å². The lowest BCUT2D eigenvalue weighted by atomic mass is 10.2. The van der Waals surface area contributed by atoms with Crippen molar-refractivity contribution in [1.29, 1.82) is 0 Å². The Balaban J connectivity index is 1.93. The van der Waals surface area contributed by atoms with Crippen LogP contribution in [0.2, 0.25) is 5.02 Å². The number of nitrogens with one attached hydrogen (secondary N) is 2. The van der Waals surface area contributed by atoms with E-state index in [-0.39, 0.29) is 11.8 Å². The Morgan fingerprint density at radius 3 is 2.33 bits per heavy atom. The number of nitrogens with zero attached hydrogens (tertiary/aromatic N) is 1. The van der Waals surface area contributed by atoms with Crippen molar-refractivity contribution in [1.82, 2.24) is 10.3 Å². The maximum absolute atomic E-state index is 12.0. The summed E-state index contributed by atoms with van der Waals surface area (Å²) in [4.78, 5) is 27.7. The quantitative estimate of drug-likeness (QED) is 0.911. The minimum absolute atomic E-state index is 0.306. The number of anilines is 1. The second-order valence-electron chi connectivity index (χ2n) is 4.43. The largest absolute Gasteiger partial charge is 0.341 e. The first kappa shape index (κ1) is 15.0. The molecule has 0 spiro atoms. The molecule has 0 aliphatic carbocycles. The predicted octanol–water partition coefficient (Wildman–Crippen LogP) is 2.49. The van der Waals surface area contributed by atoms with Crippen LogP contribution in [0.5, 0.6) is 0 Å². The molecule has 2 aromatic rings. The highest BCUT2D eigenvalue weighted by Crippen LogP contribution is 2.13. The van der Waals surface area contributed by atoms with E-state index in [0.29, 0.717) is 16.3 Å². The third-order valence-corrected chi connectivity index (χ3v) is 3.05. The minimum Gasteiger partial charge on any atom is -0.341 e. The van der Waals surface area contributed by atoms with Gasteiger partial charge in [-0.2, -0.15) is 0 Å². The van der Waals surface area contributed by atoms with Crippen LogP contribution < -0.4 is 10.6 Å². The van der Waals surface area contributed by atoms with Crippen LogP contribution in [0.1, 0.15) is 17.3 Å². The van der Waals surface area contributed by atoms with Gasteiger partial charge in [0.1, 0.15) is 6.04 Å². The molecule has 0 radical (unpaired) electrons. The third-order valence-electron chi connectivity index (χ3n) is 2.80. The first-order valence-electron chi connectivity index (χ1n) is 6.33. The fourth-order valence-corrected chi connectivity index (χ4v) is 1.76. The van der Waals surface area contributed by atoms with Crippen LogP contribution >= 0.6 is 11.6 Å². The van der Waals surface area contributed by atoms with Gasteiger partial charge in [0.25, 0.3) is 5.91 Å². The van der Waals surface area contributed by atoms with E-state index in [1.54, 1.807) is 43.3 Å². The van der Waals surface area contributed by atoms with E-state index in [9.17, 15) is 9.59 Å². The Kier molecular flexibility index (Phi) is 4.90. The zero-order chi connectivity index (χ0) is 15.2. The van der Waals surface area contributed by atoms with Crippen LogP contribution in [-0.2, 0) is 4.79 Å². The summed E-state index contributed by atoms with van der Waals surface area (Å²) in [5.74, 6) is -0.629. The van der Waals surface area contributed by atoms with Gasteiger partial charge < -0.3 is 10.6 Å². The molecule has 108 valence electrons. The van der Waals surface area contributed by atoms with E-state index in [0.717, 1.165) is 0 Å². The van der Waals surface area contributed by atoms with Gasteiger partial charge >= 0.3 is 0 Å². The van der Waals surface area contributed by atoms with Gasteiger partial charge in [0.2, 0.25) is 5.91 Å². The lowest BCUT2D eigenvalue weighted by molar-refractivity contribution is -0.117. The molecule has 0 saturated carbocycles. The second kappa shape index (κ2) is 6.85. The Morgan fingerprint density at radius 2 is 1.71 bits per heavy atom.